The summed E-state index contributed by atoms with van der Waals surface area (Å²) >= 11 is 5.96. The van der Waals surface area contributed by atoms with Crippen LogP contribution in [0, 0.1) is 5.92 Å². The minimum absolute atomic E-state index is 0.0320. The first-order valence-electron chi connectivity index (χ1n) is 12.1. The first-order valence-corrected chi connectivity index (χ1v) is 12.5. The highest BCUT2D eigenvalue weighted by Gasteiger charge is 2.38. The van der Waals surface area contributed by atoms with Crippen molar-refractivity contribution in [2.24, 2.45) is 5.92 Å². The Balaban J connectivity index is 1.15. The third-order valence-electron chi connectivity index (χ3n) is 6.59. The van der Waals surface area contributed by atoms with E-state index in [1.54, 1.807) is 21.7 Å². The number of piperazine rings is 1. The summed E-state index contributed by atoms with van der Waals surface area (Å²) in [7, 11) is 0. The summed E-state index contributed by atoms with van der Waals surface area (Å²) in [5.74, 6) is 1.22. The SMILES string of the molecule is CCOc1ccc(-n2nnnc2CN2CCN(C(=O)C3CC(=O)N(c4ccc(Cl)cc4)C3)CC2)cc1. The van der Waals surface area contributed by atoms with E-state index < -0.39 is 0 Å². The number of halogens is 1. The van der Waals surface area contributed by atoms with E-state index in [2.05, 4.69) is 20.4 Å². The van der Waals surface area contributed by atoms with Gasteiger partial charge >= 0.3 is 0 Å². The predicted molar refractivity (Wildman–Crippen MR) is 134 cm³/mol. The Kier molecular flexibility index (Phi) is 7.15. The second-order valence-corrected chi connectivity index (χ2v) is 9.35. The van der Waals surface area contributed by atoms with Crippen LogP contribution in [0.15, 0.2) is 48.5 Å². The highest BCUT2D eigenvalue weighted by atomic mass is 35.5. The summed E-state index contributed by atoms with van der Waals surface area (Å²) < 4.78 is 7.23. The third-order valence-corrected chi connectivity index (χ3v) is 6.84. The molecule has 10 nitrogen and oxygen atoms in total. The number of ether oxygens (including phenoxy) is 1. The van der Waals surface area contributed by atoms with Crippen LogP contribution in [0.25, 0.3) is 5.69 Å². The second kappa shape index (κ2) is 10.6. The summed E-state index contributed by atoms with van der Waals surface area (Å²) in [6.07, 6.45) is 0.235. The van der Waals surface area contributed by atoms with Gasteiger partial charge in [-0.1, -0.05) is 11.6 Å². The van der Waals surface area contributed by atoms with Crippen LogP contribution in [0.3, 0.4) is 0 Å². The monoisotopic (exact) mass is 509 g/mol. The number of nitrogens with zero attached hydrogens (tertiary/aromatic N) is 7. The van der Waals surface area contributed by atoms with E-state index >= 15 is 0 Å². The molecule has 0 bridgehead atoms. The molecule has 1 atom stereocenters. The molecule has 188 valence electrons. The lowest BCUT2D eigenvalue weighted by Crippen LogP contribution is -2.50. The van der Waals surface area contributed by atoms with E-state index in [0.29, 0.717) is 50.9 Å². The van der Waals surface area contributed by atoms with Crippen molar-refractivity contribution < 1.29 is 14.3 Å². The summed E-state index contributed by atoms with van der Waals surface area (Å²) in [5, 5.41) is 12.8. The lowest BCUT2D eigenvalue weighted by atomic mass is 10.1. The Bertz CT molecular complexity index is 1210. The Morgan fingerprint density at radius 3 is 2.42 bits per heavy atom. The molecule has 0 radical (unpaired) electrons. The molecule has 36 heavy (non-hydrogen) atoms. The van der Waals surface area contributed by atoms with Gasteiger partial charge in [0.2, 0.25) is 11.8 Å². The van der Waals surface area contributed by atoms with Crippen LogP contribution in [-0.4, -0.2) is 81.2 Å². The van der Waals surface area contributed by atoms with E-state index in [1.165, 1.54) is 0 Å². The van der Waals surface area contributed by atoms with E-state index in [0.717, 1.165) is 22.9 Å². The molecule has 2 amide bonds. The van der Waals surface area contributed by atoms with Gasteiger partial charge in [0.25, 0.3) is 0 Å². The molecule has 3 aromatic rings. The smallest absolute Gasteiger partial charge is 0.228 e. The number of amides is 2. The molecule has 5 rings (SSSR count). The highest BCUT2D eigenvalue weighted by molar-refractivity contribution is 6.30. The fourth-order valence-corrected chi connectivity index (χ4v) is 4.81. The molecule has 3 heterocycles. The Hall–Kier alpha value is -3.50. The van der Waals surface area contributed by atoms with Gasteiger partial charge in [-0.25, -0.2) is 0 Å². The molecule has 1 unspecified atom stereocenters. The van der Waals surface area contributed by atoms with Gasteiger partial charge in [-0.15, -0.1) is 5.10 Å². The van der Waals surface area contributed by atoms with Gasteiger partial charge < -0.3 is 14.5 Å². The molecule has 1 aromatic heterocycles. The quantitative estimate of drug-likeness (QED) is 0.482. The molecule has 0 saturated carbocycles. The Labute approximate surface area is 214 Å². The first kappa shape index (κ1) is 24.2. The second-order valence-electron chi connectivity index (χ2n) is 8.92. The molecule has 2 fully saturated rings. The van der Waals surface area contributed by atoms with E-state index in [1.807, 2.05) is 48.2 Å². The summed E-state index contributed by atoms with van der Waals surface area (Å²) in [5.41, 5.74) is 1.64. The van der Waals surface area contributed by atoms with E-state index in [9.17, 15) is 9.59 Å². The van der Waals surface area contributed by atoms with Crippen LogP contribution < -0.4 is 9.64 Å². The van der Waals surface area contributed by atoms with Crippen LogP contribution in [0.4, 0.5) is 5.69 Å². The van der Waals surface area contributed by atoms with Crippen LogP contribution in [-0.2, 0) is 16.1 Å². The standard InChI is InChI=1S/C25H28ClN7O3/c1-2-36-22-9-7-21(8-10-22)33-23(27-28-29-33)17-30-11-13-31(14-12-30)25(35)18-15-24(34)32(16-18)20-5-3-19(26)4-6-20/h3-10,18H,2,11-17H2,1H3. The number of hydrogen-bond acceptors (Lipinski definition) is 7. The number of rotatable bonds is 7. The van der Waals surface area contributed by atoms with Crippen LogP contribution >= 0.6 is 11.6 Å². The van der Waals surface area contributed by atoms with E-state index in [4.69, 9.17) is 16.3 Å². The predicted octanol–water partition coefficient (Wildman–Crippen LogP) is 2.41. The van der Waals surface area contributed by atoms with Crippen molar-refractivity contribution in [3.8, 4) is 11.4 Å². The van der Waals surface area contributed by atoms with Crippen LogP contribution in [0.1, 0.15) is 19.2 Å². The largest absolute Gasteiger partial charge is 0.494 e. The molecule has 11 heteroatoms. The molecule has 0 spiro atoms. The van der Waals surface area contributed by atoms with E-state index in [-0.39, 0.29) is 24.2 Å². The maximum absolute atomic E-state index is 13.2. The minimum atomic E-state index is -0.327. The number of carbonyl (C=O) groups excluding carboxylic acids is 2. The van der Waals surface area contributed by atoms with Gasteiger partial charge in [-0.2, -0.15) is 4.68 Å². The molecule has 2 saturated heterocycles. The van der Waals surface area contributed by atoms with Gasteiger partial charge in [0.05, 0.1) is 24.8 Å². The maximum atomic E-state index is 13.2. The number of carbonyl (C=O) groups is 2. The zero-order valence-corrected chi connectivity index (χ0v) is 20.8. The third kappa shape index (κ3) is 5.19. The lowest BCUT2D eigenvalue weighted by molar-refractivity contribution is -0.137. The van der Waals surface area contributed by atoms with Gasteiger partial charge in [0.1, 0.15) is 5.75 Å². The number of benzene rings is 2. The van der Waals surface area contributed by atoms with Gasteiger partial charge in [0.15, 0.2) is 5.82 Å². The number of anilines is 1. The maximum Gasteiger partial charge on any atom is 0.228 e. The zero-order chi connectivity index (χ0) is 25.1. The molecule has 2 aliphatic heterocycles. The number of aromatic nitrogens is 4. The topological polar surface area (TPSA) is 96.7 Å². The van der Waals surface area contributed by atoms with Crippen molar-refractivity contribution >= 4 is 29.1 Å². The minimum Gasteiger partial charge on any atom is -0.494 e. The van der Waals surface area contributed by atoms with Gasteiger partial charge in [-0.3, -0.25) is 14.5 Å². The average molecular weight is 510 g/mol. The van der Waals surface area contributed by atoms with Crippen LogP contribution in [0.2, 0.25) is 5.02 Å². The highest BCUT2D eigenvalue weighted by Crippen LogP contribution is 2.28. The number of hydrogen-bond donors (Lipinski definition) is 0. The van der Waals surface area contributed by atoms with Crippen molar-refractivity contribution in [2.75, 3.05) is 44.2 Å². The average Bonchev–Trinajstić information content (AvgIpc) is 3.52. The fourth-order valence-electron chi connectivity index (χ4n) is 4.68. The van der Waals surface area contributed by atoms with Gasteiger partial charge in [-0.05, 0) is 65.9 Å². The fraction of sp³-hybridized carbons (Fsp3) is 0.400. The van der Waals surface area contributed by atoms with Crippen LogP contribution in [0.5, 0.6) is 5.75 Å². The molecule has 0 aliphatic carbocycles. The number of tetrazole rings is 1. The molecule has 2 aromatic carbocycles. The normalized spacial score (nSPS) is 18.6. The first-order chi connectivity index (χ1) is 17.5. The van der Waals surface area contributed by atoms with Crippen molar-refractivity contribution in [2.45, 2.75) is 19.9 Å². The van der Waals surface area contributed by atoms with Gasteiger partial charge in [0, 0.05) is 49.9 Å². The van der Waals surface area contributed by atoms with Crippen molar-refractivity contribution in [3.63, 3.8) is 0 Å². The molecule has 0 N–H and O–H groups in total. The van der Waals surface area contributed by atoms with Crippen molar-refractivity contribution in [3.05, 3.63) is 59.4 Å². The summed E-state index contributed by atoms with van der Waals surface area (Å²) in [6, 6.07) is 14.8. The summed E-state index contributed by atoms with van der Waals surface area (Å²) in [4.78, 5) is 31.5. The van der Waals surface area contributed by atoms with Crippen molar-refractivity contribution in [1.82, 2.24) is 30.0 Å². The Morgan fingerprint density at radius 2 is 1.72 bits per heavy atom. The zero-order valence-electron chi connectivity index (χ0n) is 20.1. The Morgan fingerprint density at radius 1 is 1.03 bits per heavy atom. The van der Waals surface area contributed by atoms with Crippen molar-refractivity contribution in [1.29, 1.82) is 0 Å². The molecule has 2 aliphatic rings. The lowest BCUT2D eigenvalue weighted by Gasteiger charge is -2.35. The molecular weight excluding hydrogens is 482 g/mol. The summed E-state index contributed by atoms with van der Waals surface area (Å²) in [6.45, 7) is 6.17. The molecular formula is C25H28ClN7O3.